The number of piperidine rings is 1. The maximum Gasteiger partial charge on any atom is 0.243 e. The van der Waals surface area contributed by atoms with Crippen molar-refractivity contribution in [1.29, 1.82) is 0 Å². The van der Waals surface area contributed by atoms with E-state index in [2.05, 4.69) is 0 Å². The van der Waals surface area contributed by atoms with Gasteiger partial charge >= 0.3 is 0 Å². The van der Waals surface area contributed by atoms with E-state index in [1.807, 2.05) is 6.92 Å². The molecule has 7 heteroatoms. The van der Waals surface area contributed by atoms with Crippen molar-refractivity contribution in [3.8, 4) is 11.5 Å². The van der Waals surface area contributed by atoms with Crippen LogP contribution in [0.15, 0.2) is 23.1 Å². The normalized spacial score (nSPS) is 23.8. The predicted molar refractivity (Wildman–Crippen MR) is 80.1 cm³/mol. The quantitative estimate of drug-likeness (QED) is 0.903. The summed E-state index contributed by atoms with van der Waals surface area (Å²) in [5.41, 5.74) is 5.89. The fourth-order valence-corrected chi connectivity index (χ4v) is 4.33. The highest BCUT2D eigenvalue weighted by molar-refractivity contribution is 7.89. The molecule has 0 amide bonds. The molecule has 2 N–H and O–H groups in total. The molecule has 0 aliphatic carbocycles. The van der Waals surface area contributed by atoms with E-state index in [1.165, 1.54) is 30.7 Å². The molecular weight excluding hydrogens is 292 g/mol. The molecule has 0 bridgehead atoms. The molecule has 1 aromatic carbocycles. The van der Waals surface area contributed by atoms with Gasteiger partial charge in [-0.15, -0.1) is 0 Å². The van der Waals surface area contributed by atoms with Crippen LogP contribution in [0.3, 0.4) is 0 Å². The number of hydrogen-bond donors (Lipinski definition) is 1. The zero-order valence-electron chi connectivity index (χ0n) is 12.6. The molecule has 1 aliphatic rings. The largest absolute Gasteiger partial charge is 0.493 e. The maximum atomic E-state index is 12.8. The van der Waals surface area contributed by atoms with Crippen LogP contribution in [0.2, 0.25) is 0 Å². The first-order valence-corrected chi connectivity index (χ1v) is 8.33. The van der Waals surface area contributed by atoms with Crippen molar-refractivity contribution in [2.75, 3.05) is 20.8 Å². The Bertz CT molecular complexity index is 603. The van der Waals surface area contributed by atoms with Crippen LogP contribution in [0.25, 0.3) is 0 Å². The fraction of sp³-hybridized carbons (Fsp3) is 0.571. The minimum absolute atomic E-state index is 0.0665. The molecule has 1 fully saturated rings. The van der Waals surface area contributed by atoms with Gasteiger partial charge in [-0.3, -0.25) is 0 Å². The van der Waals surface area contributed by atoms with Crippen LogP contribution < -0.4 is 15.2 Å². The number of hydrogen-bond acceptors (Lipinski definition) is 5. The van der Waals surface area contributed by atoms with Gasteiger partial charge in [-0.2, -0.15) is 4.31 Å². The standard InChI is InChI=1S/C14H22N2O4S/c1-10-8-11(15)6-7-16(10)21(17,18)12-4-5-13(19-2)14(9-12)20-3/h4-5,9-11H,6-8,15H2,1-3H3/t10-,11-/m1/s1. The second-order valence-corrected chi connectivity index (χ2v) is 7.16. The molecular formula is C14H22N2O4S. The SMILES string of the molecule is COc1ccc(S(=O)(=O)N2CC[C@@H](N)C[C@H]2C)cc1OC. The summed E-state index contributed by atoms with van der Waals surface area (Å²) in [6, 6.07) is 4.60. The predicted octanol–water partition coefficient (Wildman–Crippen LogP) is 1.20. The van der Waals surface area contributed by atoms with Crippen LogP contribution in [-0.4, -0.2) is 45.6 Å². The Morgan fingerprint density at radius 2 is 1.90 bits per heavy atom. The monoisotopic (exact) mass is 314 g/mol. The van der Waals surface area contributed by atoms with E-state index in [9.17, 15) is 8.42 Å². The van der Waals surface area contributed by atoms with Gasteiger partial charge in [-0.1, -0.05) is 0 Å². The van der Waals surface area contributed by atoms with Crippen LogP contribution in [0.4, 0.5) is 0 Å². The van der Waals surface area contributed by atoms with Crippen molar-refractivity contribution in [1.82, 2.24) is 4.31 Å². The molecule has 1 aliphatic heterocycles. The molecule has 0 unspecified atom stereocenters. The average Bonchev–Trinajstić information content (AvgIpc) is 2.46. The van der Waals surface area contributed by atoms with Crippen molar-refractivity contribution in [3.63, 3.8) is 0 Å². The maximum absolute atomic E-state index is 12.8. The van der Waals surface area contributed by atoms with Gasteiger partial charge in [-0.05, 0) is 31.9 Å². The summed E-state index contributed by atoms with van der Waals surface area (Å²) in [7, 11) is -0.553. The summed E-state index contributed by atoms with van der Waals surface area (Å²) >= 11 is 0. The molecule has 1 aromatic rings. The Morgan fingerprint density at radius 3 is 2.48 bits per heavy atom. The summed E-state index contributed by atoms with van der Waals surface area (Å²) < 4.78 is 37.3. The smallest absolute Gasteiger partial charge is 0.243 e. The summed E-state index contributed by atoms with van der Waals surface area (Å²) in [6.07, 6.45) is 1.35. The third-order valence-electron chi connectivity index (χ3n) is 3.82. The van der Waals surface area contributed by atoms with E-state index in [4.69, 9.17) is 15.2 Å². The van der Waals surface area contributed by atoms with Crippen molar-refractivity contribution in [2.45, 2.75) is 36.7 Å². The van der Waals surface area contributed by atoms with Crippen LogP contribution in [0, 0.1) is 0 Å². The van der Waals surface area contributed by atoms with E-state index in [0.29, 0.717) is 30.9 Å². The summed E-state index contributed by atoms with van der Waals surface area (Å²) in [4.78, 5) is 0.211. The second kappa shape index (κ2) is 6.21. The summed E-state index contributed by atoms with van der Waals surface area (Å²) in [5.74, 6) is 0.908. The third kappa shape index (κ3) is 3.14. The second-order valence-electron chi connectivity index (χ2n) is 5.27. The lowest BCUT2D eigenvalue weighted by Crippen LogP contribution is -2.48. The molecule has 118 valence electrons. The number of ether oxygens (including phenoxy) is 2. The van der Waals surface area contributed by atoms with Crippen LogP contribution in [0.1, 0.15) is 19.8 Å². The topological polar surface area (TPSA) is 81.9 Å². The number of methoxy groups -OCH3 is 2. The first kappa shape index (κ1) is 16.1. The highest BCUT2D eigenvalue weighted by Crippen LogP contribution is 2.32. The van der Waals surface area contributed by atoms with Gasteiger partial charge < -0.3 is 15.2 Å². The highest BCUT2D eigenvalue weighted by atomic mass is 32.2. The first-order chi connectivity index (χ1) is 9.90. The van der Waals surface area contributed by atoms with E-state index in [1.54, 1.807) is 6.07 Å². The molecule has 1 heterocycles. The van der Waals surface area contributed by atoms with E-state index < -0.39 is 10.0 Å². The van der Waals surface area contributed by atoms with Gasteiger partial charge in [0.25, 0.3) is 0 Å². The van der Waals surface area contributed by atoms with E-state index in [0.717, 1.165) is 0 Å². The molecule has 2 atom stereocenters. The molecule has 6 nitrogen and oxygen atoms in total. The van der Waals surface area contributed by atoms with Crippen molar-refractivity contribution in [2.24, 2.45) is 5.73 Å². The van der Waals surface area contributed by atoms with Crippen LogP contribution in [-0.2, 0) is 10.0 Å². The summed E-state index contributed by atoms with van der Waals surface area (Å²) in [5, 5.41) is 0. The van der Waals surface area contributed by atoms with Gasteiger partial charge in [0.15, 0.2) is 11.5 Å². The number of nitrogens with two attached hydrogens (primary N) is 1. The Hall–Kier alpha value is -1.31. The minimum atomic E-state index is -3.55. The Balaban J connectivity index is 2.35. The zero-order valence-corrected chi connectivity index (χ0v) is 13.4. The molecule has 1 saturated heterocycles. The Labute approximate surface area is 125 Å². The average molecular weight is 314 g/mol. The van der Waals surface area contributed by atoms with Crippen LogP contribution in [0.5, 0.6) is 11.5 Å². The van der Waals surface area contributed by atoms with E-state index >= 15 is 0 Å². The molecule has 2 rings (SSSR count). The van der Waals surface area contributed by atoms with Crippen molar-refractivity contribution in [3.05, 3.63) is 18.2 Å². The molecule has 0 radical (unpaired) electrons. The molecule has 0 spiro atoms. The Morgan fingerprint density at radius 1 is 1.24 bits per heavy atom. The summed E-state index contributed by atoms with van der Waals surface area (Å²) in [6.45, 7) is 2.33. The molecule has 0 aromatic heterocycles. The Kier molecular flexibility index (Phi) is 4.75. The van der Waals surface area contributed by atoms with Gasteiger partial charge in [0.05, 0.1) is 19.1 Å². The number of benzene rings is 1. The molecule has 21 heavy (non-hydrogen) atoms. The van der Waals surface area contributed by atoms with Gasteiger partial charge in [0, 0.05) is 24.7 Å². The van der Waals surface area contributed by atoms with E-state index in [-0.39, 0.29) is 17.0 Å². The lowest BCUT2D eigenvalue weighted by Gasteiger charge is -2.35. The van der Waals surface area contributed by atoms with Gasteiger partial charge in [0.2, 0.25) is 10.0 Å². The minimum Gasteiger partial charge on any atom is -0.493 e. The van der Waals surface area contributed by atoms with Crippen LogP contribution >= 0.6 is 0 Å². The fourth-order valence-electron chi connectivity index (χ4n) is 2.66. The number of nitrogens with zero attached hydrogens (tertiary/aromatic N) is 1. The van der Waals surface area contributed by atoms with Crippen molar-refractivity contribution < 1.29 is 17.9 Å². The lowest BCUT2D eigenvalue weighted by atomic mass is 10.0. The number of rotatable bonds is 4. The van der Waals surface area contributed by atoms with Gasteiger partial charge in [-0.25, -0.2) is 8.42 Å². The van der Waals surface area contributed by atoms with Crippen molar-refractivity contribution >= 4 is 10.0 Å². The number of sulfonamides is 1. The zero-order chi connectivity index (χ0) is 15.6. The lowest BCUT2D eigenvalue weighted by molar-refractivity contribution is 0.247. The first-order valence-electron chi connectivity index (χ1n) is 6.89. The molecule has 0 saturated carbocycles. The highest BCUT2D eigenvalue weighted by Gasteiger charge is 2.33. The third-order valence-corrected chi connectivity index (χ3v) is 5.83. The van der Waals surface area contributed by atoms with Gasteiger partial charge in [0.1, 0.15) is 0 Å².